The third kappa shape index (κ3) is 4.01. The number of sulfonamides is 1. The first-order valence-electron chi connectivity index (χ1n) is 11.4. The van der Waals surface area contributed by atoms with Gasteiger partial charge in [-0.2, -0.15) is 4.31 Å². The van der Waals surface area contributed by atoms with Crippen molar-refractivity contribution in [3.8, 4) is 5.75 Å². The summed E-state index contributed by atoms with van der Waals surface area (Å²) < 4.78 is 35.1. The summed E-state index contributed by atoms with van der Waals surface area (Å²) in [6, 6.07) is 21.9. The molecule has 0 amide bonds. The van der Waals surface area contributed by atoms with Crippen LogP contribution in [0.2, 0.25) is 0 Å². The minimum absolute atomic E-state index is 0.314. The molecule has 0 unspecified atom stereocenters. The van der Waals surface area contributed by atoms with E-state index in [1.54, 1.807) is 35.7 Å². The van der Waals surface area contributed by atoms with Crippen LogP contribution in [0.1, 0.15) is 12.5 Å². The van der Waals surface area contributed by atoms with E-state index in [4.69, 9.17) is 4.74 Å². The first-order valence-corrected chi connectivity index (χ1v) is 12.8. The second-order valence-corrected chi connectivity index (χ2v) is 10.4. The van der Waals surface area contributed by atoms with Crippen molar-refractivity contribution in [3.05, 3.63) is 72.3 Å². The molecule has 4 aromatic rings. The zero-order valence-corrected chi connectivity index (χ0v) is 19.9. The van der Waals surface area contributed by atoms with Crippen LogP contribution in [0.3, 0.4) is 0 Å². The molecule has 2 heterocycles. The molecule has 0 spiro atoms. The van der Waals surface area contributed by atoms with E-state index in [2.05, 4.69) is 58.9 Å². The van der Waals surface area contributed by atoms with Gasteiger partial charge in [-0.3, -0.25) is 4.90 Å². The van der Waals surface area contributed by atoms with Crippen molar-refractivity contribution in [2.24, 2.45) is 0 Å². The van der Waals surface area contributed by atoms with Gasteiger partial charge in [0.25, 0.3) is 0 Å². The molecule has 0 N–H and O–H groups in total. The average molecular weight is 464 g/mol. The summed E-state index contributed by atoms with van der Waals surface area (Å²) in [6.07, 6.45) is 0. The molecular weight excluding hydrogens is 434 g/mol. The van der Waals surface area contributed by atoms with E-state index < -0.39 is 10.0 Å². The molecule has 33 heavy (non-hydrogen) atoms. The quantitative estimate of drug-likeness (QED) is 0.427. The molecule has 0 radical (unpaired) electrons. The van der Waals surface area contributed by atoms with Gasteiger partial charge in [0.15, 0.2) is 0 Å². The third-order valence-corrected chi connectivity index (χ3v) is 8.50. The van der Waals surface area contributed by atoms with Gasteiger partial charge in [0.05, 0.1) is 12.0 Å². The minimum atomic E-state index is -3.49. The van der Waals surface area contributed by atoms with E-state index in [0.717, 1.165) is 13.1 Å². The maximum Gasteiger partial charge on any atom is 0.243 e. The molecule has 0 atom stereocenters. The van der Waals surface area contributed by atoms with Crippen LogP contribution in [0.15, 0.2) is 71.6 Å². The number of hydrogen-bond donors (Lipinski definition) is 0. The standard InChI is InChI=1S/C26H29N3O3S/c1-3-29-25-7-5-4-6-23(25)24-18-20(8-13-26(24)29)19-27-14-16-28(17-15-27)33(30,31)22-11-9-21(32-2)10-12-22/h4-13,18H,3,14-17,19H2,1-2H3. The molecule has 1 aromatic heterocycles. The van der Waals surface area contributed by atoms with Crippen LogP contribution in [-0.4, -0.2) is 55.5 Å². The van der Waals surface area contributed by atoms with Crippen molar-refractivity contribution in [2.75, 3.05) is 33.3 Å². The van der Waals surface area contributed by atoms with Gasteiger partial charge in [0, 0.05) is 61.1 Å². The van der Waals surface area contributed by atoms with Crippen LogP contribution < -0.4 is 4.74 Å². The Kier molecular flexibility index (Phi) is 5.86. The van der Waals surface area contributed by atoms with Crippen molar-refractivity contribution in [2.45, 2.75) is 24.9 Å². The van der Waals surface area contributed by atoms with E-state index in [9.17, 15) is 8.42 Å². The zero-order chi connectivity index (χ0) is 23.0. The summed E-state index contributed by atoms with van der Waals surface area (Å²) >= 11 is 0. The van der Waals surface area contributed by atoms with Gasteiger partial charge in [0.2, 0.25) is 10.0 Å². The first-order chi connectivity index (χ1) is 16.0. The first kappa shape index (κ1) is 21.9. The number of piperazine rings is 1. The predicted octanol–water partition coefficient (Wildman–Crippen LogP) is 4.33. The van der Waals surface area contributed by atoms with Crippen molar-refractivity contribution in [1.29, 1.82) is 0 Å². The maximum absolute atomic E-state index is 13.0. The Labute approximate surface area is 195 Å². The van der Waals surface area contributed by atoms with Gasteiger partial charge < -0.3 is 9.30 Å². The number of para-hydroxylation sites is 1. The SMILES string of the molecule is CCn1c2ccccc2c2cc(CN3CCN(S(=O)(=O)c4ccc(OC)cc4)CC3)ccc21. The zero-order valence-electron chi connectivity index (χ0n) is 19.1. The molecule has 172 valence electrons. The molecule has 0 bridgehead atoms. The van der Waals surface area contributed by atoms with Gasteiger partial charge in [-0.1, -0.05) is 24.3 Å². The molecule has 6 nitrogen and oxygen atoms in total. The lowest BCUT2D eigenvalue weighted by Gasteiger charge is -2.34. The largest absolute Gasteiger partial charge is 0.497 e. The number of ether oxygens (including phenoxy) is 1. The highest BCUT2D eigenvalue weighted by atomic mass is 32.2. The average Bonchev–Trinajstić information content (AvgIpc) is 3.17. The van der Waals surface area contributed by atoms with Gasteiger partial charge >= 0.3 is 0 Å². The molecule has 5 rings (SSSR count). The molecule has 1 saturated heterocycles. The molecule has 1 fully saturated rings. The highest BCUT2D eigenvalue weighted by molar-refractivity contribution is 7.89. The van der Waals surface area contributed by atoms with Gasteiger partial charge in [-0.05, 0) is 55.0 Å². The van der Waals surface area contributed by atoms with Crippen LogP contribution >= 0.6 is 0 Å². The fraction of sp³-hybridized carbons (Fsp3) is 0.308. The highest BCUT2D eigenvalue weighted by Crippen LogP contribution is 2.30. The lowest BCUT2D eigenvalue weighted by atomic mass is 10.1. The predicted molar refractivity (Wildman–Crippen MR) is 132 cm³/mol. The fourth-order valence-electron chi connectivity index (χ4n) is 4.82. The molecule has 3 aromatic carbocycles. The van der Waals surface area contributed by atoms with E-state index in [1.807, 2.05) is 0 Å². The number of aromatic nitrogens is 1. The van der Waals surface area contributed by atoms with Crippen LogP contribution in [0, 0.1) is 0 Å². The Morgan fingerprint density at radius 2 is 1.55 bits per heavy atom. The molecule has 0 saturated carbocycles. The highest BCUT2D eigenvalue weighted by Gasteiger charge is 2.28. The van der Waals surface area contributed by atoms with Crippen molar-refractivity contribution < 1.29 is 13.2 Å². The van der Waals surface area contributed by atoms with Crippen LogP contribution in [0.4, 0.5) is 0 Å². The summed E-state index contributed by atoms with van der Waals surface area (Å²) in [5.41, 5.74) is 3.79. The van der Waals surface area contributed by atoms with Crippen LogP contribution in [0.25, 0.3) is 21.8 Å². The van der Waals surface area contributed by atoms with Crippen LogP contribution in [-0.2, 0) is 23.1 Å². The van der Waals surface area contributed by atoms with Gasteiger partial charge in [-0.25, -0.2) is 8.42 Å². The summed E-state index contributed by atoms with van der Waals surface area (Å²) in [6.45, 7) is 6.34. The van der Waals surface area contributed by atoms with Crippen molar-refractivity contribution in [1.82, 2.24) is 13.8 Å². The minimum Gasteiger partial charge on any atom is -0.497 e. The molecule has 1 aliphatic rings. The summed E-state index contributed by atoms with van der Waals surface area (Å²) in [5.74, 6) is 0.651. The molecular formula is C26H29N3O3S. The third-order valence-electron chi connectivity index (χ3n) is 6.59. The number of nitrogens with zero attached hydrogens (tertiary/aromatic N) is 3. The number of benzene rings is 3. The smallest absolute Gasteiger partial charge is 0.243 e. The van der Waals surface area contributed by atoms with E-state index in [0.29, 0.717) is 36.8 Å². The van der Waals surface area contributed by atoms with E-state index in [-0.39, 0.29) is 0 Å². The molecule has 7 heteroatoms. The van der Waals surface area contributed by atoms with Crippen LogP contribution in [0.5, 0.6) is 5.75 Å². The Morgan fingerprint density at radius 3 is 2.24 bits per heavy atom. The normalized spacial score (nSPS) is 15.9. The Bertz CT molecular complexity index is 1390. The lowest BCUT2D eigenvalue weighted by molar-refractivity contribution is 0.181. The maximum atomic E-state index is 13.0. The van der Waals surface area contributed by atoms with E-state index in [1.165, 1.54) is 27.4 Å². The number of hydrogen-bond acceptors (Lipinski definition) is 4. The second-order valence-electron chi connectivity index (χ2n) is 8.47. The second kappa shape index (κ2) is 8.82. The van der Waals surface area contributed by atoms with Crippen molar-refractivity contribution in [3.63, 3.8) is 0 Å². The fourth-order valence-corrected chi connectivity index (χ4v) is 6.25. The summed E-state index contributed by atoms with van der Waals surface area (Å²) in [4.78, 5) is 2.65. The summed E-state index contributed by atoms with van der Waals surface area (Å²) in [7, 11) is -1.92. The topological polar surface area (TPSA) is 54.8 Å². The number of methoxy groups -OCH3 is 1. The van der Waals surface area contributed by atoms with Gasteiger partial charge in [0.1, 0.15) is 5.75 Å². The van der Waals surface area contributed by atoms with Gasteiger partial charge in [-0.15, -0.1) is 0 Å². The molecule has 1 aliphatic heterocycles. The Morgan fingerprint density at radius 1 is 0.848 bits per heavy atom. The lowest BCUT2D eigenvalue weighted by Crippen LogP contribution is -2.48. The van der Waals surface area contributed by atoms with E-state index >= 15 is 0 Å². The number of aryl methyl sites for hydroxylation is 1. The Balaban J connectivity index is 1.30. The number of fused-ring (bicyclic) bond motifs is 3. The Hall–Kier alpha value is -2.87. The van der Waals surface area contributed by atoms with Crippen molar-refractivity contribution >= 4 is 31.8 Å². The summed E-state index contributed by atoms with van der Waals surface area (Å²) in [5, 5.41) is 2.57. The molecule has 0 aliphatic carbocycles. The monoisotopic (exact) mass is 463 g/mol. The number of rotatable bonds is 6.